The molecule has 0 amide bonds. The third-order valence-electron chi connectivity index (χ3n) is 6.95. The van der Waals surface area contributed by atoms with E-state index in [4.69, 9.17) is 9.47 Å². The van der Waals surface area contributed by atoms with Crippen molar-refractivity contribution in [3.8, 4) is 33.8 Å². The molecule has 0 atom stereocenters. The van der Waals surface area contributed by atoms with Crippen molar-refractivity contribution in [2.45, 2.75) is 26.0 Å². The van der Waals surface area contributed by atoms with Crippen LogP contribution in [0.25, 0.3) is 33.0 Å². The van der Waals surface area contributed by atoms with Crippen LogP contribution in [0.2, 0.25) is 0 Å². The molecule has 0 unspecified atom stereocenters. The molecule has 5 aromatic rings. The summed E-state index contributed by atoms with van der Waals surface area (Å²) in [7, 11) is 0. The van der Waals surface area contributed by atoms with Crippen molar-refractivity contribution < 1.29 is 66.9 Å². The average molecular weight is 690 g/mol. The molecule has 0 aliphatic heterocycles. The van der Waals surface area contributed by atoms with Crippen molar-refractivity contribution >= 4 is 10.8 Å². The van der Waals surface area contributed by atoms with Crippen molar-refractivity contribution in [2.75, 3.05) is 6.61 Å². The van der Waals surface area contributed by atoms with Crippen molar-refractivity contribution in [1.82, 2.24) is 0 Å². The maximum atomic E-state index is 15.3. The Morgan fingerprint density at radius 3 is 1.73 bits per heavy atom. The van der Waals surface area contributed by atoms with E-state index < -0.39 is 87.8 Å². The van der Waals surface area contributed by atoms with Gasteiger partial charge >= 0.3 is 12.5 Å². The largest absolute Gasteiger partial charge is 0.527 e. The van der Waals surface area contributed by atoms with E-state index in [1.54, 1.807) is 13.0 Å². The molecule has 0 aromatic heterocycles. The molecule has 3 nitrogen and oxygen atoms in total. The average Bonchev–Trinajstić information content (AvgIpc) is 2.95. The van der Waals surface area contributed by atoms with Gasteiger partial charge in [0.25, 0.3) is 0 Å². The lowest BCUT2D eigenvalue weighted by Gasteiger charge is -2.20. The topological polar surface area (TPSA) is 27.7 Å². The van der Waals surface area contributed by atoms with Gasteiger partial charge in [0.2, 0.25) is 0 Å². The standard InChI is InChI=1S/C33H18F12O3/c1-2-46-18-4-6-20-15(7-18)3-5-21(31(20)40)16-8-23(34)22(24(35)9-16)14-47-19-12-25(36)29(26(37)13-19)17-10-27(38)30(28(39)11-17)32(41,42)48-33(43,44)45/h3-13H,2,14H2,1H3. The zero-order valence-corrected chi connectivity index (χ0v) is 24.0. The number of halogens is 12. The van der Waals surface area contributed by atoms with Gasteiger partial charge in [-0.25, -0.2) is 35.5 Å². The first-order valence-corrected chi connectivity index (χ1v) is 13.6. The highest BCUT2D eigenvalue weighted by atomic mass is 19.4. The molecule has 0 aliphatic carbocycles. The second-order valence-electron chi connectivity index (χ2n) is 10.1. The Morgan fingerprint density at radius 1 is 0.583 bits per heavy atom. The summed E-state index contributed by atoms with van der Waals surface area (Å²) in [5.74, 6) is -11.2. The molecule has 0 aliphatic rings. The Balaban J connectivity index is 1.38. The van der Waals surface area contributed by atoms with Gasteiger partial charge in [0, 0.05) is 23.1 Å². The van der Waals surface area contributed by atoms with Gasteiger partial charge in [-0.2, -0.15) is 8.78 Å². The zero-order valence-electron chi connectivity index (χ0n) is 24.0. The summed E-state index contributed by atoms with van der Waals surface area (Å²) in [5.41, 5.74) is -5.70. The number of ether oxygens (including phenoxy) is 3. The number of benzene rings is 5. The number of rotatable bonds is 9. The SMILES string of the molecule is CCOc1ccc2c(F)c(-c3cc(F)c(COc4cc(F)c(-c5cc(F)c(C(F)(F)OC(F)(F)F)c(F)c5)c(F)c4)c(F)c3)ccc2c1. The van der Waals surface area contributed by atoms with Gasteiger partial charge in [0.1, 0.15) is 64.4 Å². The van der Waals surface area contributed by atoms with Crippen molar-refractivity contribution in [3.05, 3.63) is 119 Å². The van der Waals surface area contributed by atoms with Crippen LogP contribution in [0.15, 0.2) is 66.7 Å². The Bertz CT molecular complexity index is 1960. The molecule has 0 fully saturated rings. The smallest absolute Gasteiger partial charge is 0.494 e. The fourth-order valence-corrected chi connectivity index (χ4v) is 4.90. The molecule has 0 bridgehead atoms. The fraction of sp³-hybridized carbons (Fsp3) is 0.152. The molecule has 0 spiro atoms. The second-order valence-corrected chi connectivity index (χ2v) is 10.1. The summed E-state index contributed by atoms with van der Waals surface area (Å²) in [6.45, 7) is 1.21. The zero-order chi connectivity index (χ0) is 35.1. The van der Waals surface area contributed by atoms with E-state index in [1.165, 1.54) is 24.3 Å². The summed E-state index contributed by atoms with van der Waals surface area (Å²) in [5, 5.41) is 0.634. The third-order valence-corrected chi connectivity index (χ3v) is 6.95. The summed E-state index contributed by atoms with van der Waals surface area (Å²) < 4.78 is 181. The highest BCUT2D eigenvalue weighted by Gasteiger charge is 2.49. The van der Waals surface area contributed by atoms with E-state index in [1.807, 2.05) is 0 Å². The lowest BCUT2D eigenvalue weighted by molar-refractivity contribution is -0.432. The number of alkyl halides is 5. The minimum Gasteiger partial charge on any atom is -0.494 e. The molecule has 0 saturated carbocycles. The molecular formula is C33H18F12O3. The van der Waals surface area contributed by atoms with Gasteiger partial charge < -0.3 is 9.47 Å². The molecule has 48 heavy (non-hydrogen) atoms. The summed E-state index contributed by atoms with van der Waals surface area (Å²) >= 11 is 0. The second kappa shape index (κ2) is 12.9. The molecule has 0 N–H and O–H groups in total. The minimum atomic E-state index is -5.99. The van der Waals surface area contributed by atoms with Crippen LogP contribution in [0.1, 0.15) is 18.1 Å². The van der Waals surface area contributed by atoms with E-state index in [0.29, 0.717) is 29.9 Å². The number of hydrogen-bond acceptors (Lipinski definition) is 3. The van der Waals surface area contributed by atoms with Crippen molar-refractivity contribution in [2.24, 2.45) is 0 Å². The molecule has 0 saturated heterocycles. The summed E-state index contributed by atoms with van der Waals surface area (Å²) in [4.78, 5) is 0. The van der Waals surface area contributed by atoms with E-state index in [-0.39, 0.29) is 28.6 Å². The van der Waals surface area contributed by atoms with Crippen LogP contribution in [0.5, 0.6) is 11.5 Å². The third kappa shape index (κ3) is 7.00. The van der Waals surface area contributed by atoms with Crippen LogP contribution in [-0.2, 0) is 17.5 Å². The van der Waals surface area contributed by atoms with Crippen LogP contribution in [0, 0.1) is 40.7 Å². The van der Waals surface area contributed by atoms with Gasteiger partial charge in [-0.1, -0.05) is 12.1 Å². The monoisotopic (exact) mass is 690 g/mol. The van der Waals surface area contributed by atoms with Crippen LogP contribution in [0.3, 0.4) is 0 Å². The van der Waals surface area contributed by atoms with Crippen molar-refractivity contribution in [1.29, 1.82) is 0 Å². The first-order valence-electron chi connectivity index (χ1n) is 13.6. The van der Waals surface area contributed by atoms with Gasteiger partial charge in [-0.15, -0.1) is 13.2 Å². The van der Waals surface area contributed by atoms with Crippen LogP contribution in [-0.4, -0.2) is 13.0 Å². The minimum absolute atomic E-state index is 0.0448. The Kier molecular flexibility index (Phi) is 9.28. The highest BCUT2D eigenvalue weighted by Crippen LogP contribution is 2.41. The Hall–Kier alpha value is -4.92. The van der Waals surface area contributed by atoms with E-state index in [2.05, 4.69) is 4.74 Å². The first-order chi connectivity index (χ1) is 22.5. The van der Waals surface area contributed by atoms with Crippen LogP contribution in [0.4, 0.5) is 52.7 Å². The highest BCUT2D eigenvalue weighted by molar-refractivity contribution is 5.89. The predicted octanol–water partition coefficient (Wildman–Crippen LogP) is 10.7. The van der Waals surface area contributed by atoms with Gasteiger partial charge in [0.15, 0.2) is 0 Å². The molecule has 15 heteroatoms. The molecule has 5 rings (SSSR count). The molecule has 0 radical (unpaired) electrons. The normalized spacial score (nSPS) is 12.1. The lowest BCUT2D eigenvalue weighted by Crippen LogP contribution is -2.29. The predicted molar refractivity (Wildman–Crippen MR) is 148 cm³/mol. The van der Waals surface area contributed by atoms with E-state index >= 15 is 13.2 Å². The molecule has 0 heterocycles. The van der Waals surface area contributed by atoms with Gasteiger partial charge in [-0.05, 0) is 65.9 Å². The van der Waals surface area contributed by atoms with Gasteiger partial charge in [0.05, 0.1) is 17.7 Å². The molecule has 252 valence electrons. The van der Waals surface area contributed by atoms with Crippen LogP contribution >= 0.6 is 0 Å². The van der Waals surface area contributed by atoms with Crippen LogP contribution < -0.4 is 9.47 Å². The van der Waals surface area contributed by atoms with Crippen molar-refractivity contribution in [3.63, 3.8) is 0 Å². The van der Waals surface area contributed by atoms with E-state index in [0.717, 1.165) is 12.1 Å². The molecule has 5 aromatic carbocycles. The number of hydrogen-bond donors (Lipinski definition) is 0. The molecular weight excluding hydrogens is 672 g/mol. The first kappa shape index (κ1) is 34.4. The Labute approximate surface area is 262 Å². The Morgan fingerprint density at radius 2 is 1.17 bits per heavy atom. The summed E-state index contributed by atoms with van der Waals surface area (Å²) in [6, 6.07) is 9.86. The number of fused-ring (bicyclic) bond motifs is 1. The fourth-order valence-electron chi connectivity index (χ4n) is 4.90. The van der Waals surface area contributed by atoms with E-state index in [9.17, 15) is 39.5 Å². The maximum absolute atomic E-state index is 15.3. The lowest BCUT2D eigenvalue weighted by atomic mass is 9.98. The summed E-state index contributed by atoms with van der Waals surface area (Å²) in [6.07, 6.45) is -11.5. The van der Waals surface area contributed by atoms with Gasteiger partial charge in [-0.3, -0.25) is 0 Å². The quantitative estimate of drug-likeness (QED) is 0.144. The maximum Gasteiger partial charge on any atom is 0.527 e.